The summed E-state index contributed by atoms with van der Waals surface area (Å²) in [6, 6.07) is 9.31. The highest BCUT2D eigenvalue weighted by Gasteiger charge is 2.20. The number of hydrogen-bond acceptors (Lipinski definition) is 4. The third kappa shape index (κ3) is 4.79. The topological polar surface area (TPSA) is 38.3 Å². The molecule has 1 rings (SSSR count). The van der Waals surface area contributed by atoms with Crippen LogP contribution >= 0.6 is 11.8 Å². The molecular weight excluding hydrogens is 234 g/mol. The van der Waals surface area contributed by atoms with Crippen LogP contribution in [0.15, 0.2) is 30.3 Å². The van der Waals surface area contributed by atoms with Crippen LogP contribution in [-0.2, 0) is 9.53 Å². The number of hydrogen-bond donors (Lipinski definition) is 1. The predicted octanol–water partition coefficient (Wildman–Crippen LogP) is 2.24. The molecule has 1 aromatic carbocycles. The van der Waals surface area contributed by atoms with Crippen LogP contribution in [0.3, 0.4) is 0 Å². The Hall–Kier alpha value is -1.00. The molecule has 0 bridgehead atoms. The fraction of sp³-hybridized carbons (Fsp3) is 0.462. The van der Waals surface area contributed by atoms with Gasteiger partial charge in [0.25, 0.3) is 0 Å². The van der Waals surface area contributed by atoms with E-state index in [-0.39, 0.29) is 12.0 Å². The van der Waals surface area contributed by atoms with Gasteiger partial charge in [-0.2, -0.15) is 11.8 Å². The summed E-state index contributed by atoms with van der Waals surface area (Å²) in [5, 5.41) is 3.23. The highest BCUT2D eigenvalue weighted by molar-refractivity contribution is 7.98. The van der Waals surface area contributed by atoms with Gasteiger partial charge in [0.05, 0.1) is 6.61 Å². The van der Waals surface area contributed by atoms with Crippen LogP contribution in [-0.4, -0.2) is 31.1 Å². The first-order chi connectivity index (χ1) is 8.29. The quantitative estimate of drug-likeness (QED) is 0.597. The van der Waals surface area contributed by atoms with E-state index in [4.69, 9.17) is 4.74 Å². The zero-order chi connectivity index (χ0) is 12.5. The number of rotatable bonds is 7. The van der Waals surface area contributed by atoms with Gasteiger partial charge in [-0.1, -0.05) is 30.3 Å². The third-order valence-corrected chi connectivity index (χ3v) is 2.92. The predicted molar refractivity (Wildman–Crippen MR) is 72.2 cm³/mol. The smallest absolute Gasteiger partial charge is 0.327 e. The van der Waals surface area contributed by atoms with Crippen LogP contribution in [0.25, 0.3) is 0 Å². The Morgan fingerprint density at radius 2 is 2.12 bits per heavy atom. The van der Waals surface area contributed by atoms with Crippen molar-refractivity contribution in [2.45, 2.75) is 13.0 Å². The lowest BCUT2D eigenvalue weighted by atomic mass is 10.1. The number of carbonyl (C=O) groups is 1. The van der Waals surface area contributed by atoms with Crippen molar-refractivity contribution in [1.29, 1.82) is 0 Å². The Kier molecular flexibility index (Phi) is 6.74. The number of esters is 1. The van der Waals surface area contributed by atoms with Gasteiger partial charge in [0.2, 0.25) is 0 Å². The first kappa shape index (κ1) is 14.1. The fourth-order valence-corrected chi connectivity index (χ4v) is 1.84. The van der Waals surface area contributed by atoms with Crippen molar-refractivity contribution in [3.05, 3.63) is 35.9 Å². The van der Waals surface area contributed by atoms with E-state index in [9.17, 15) is 4.79 Å². The molecule has 0 aliphatic carbocycles. The molecular formula is C13H19NO2S. The lowest BCUT2D eigenvalue weighted by Gasteiger charge is -2.17. The summed E-state index contributed by atoms with van der Waals surface area (Å²) in [6.07, 6.45) is 2.05. The summed E-state index contributed by atoms with van der Waals surface area (Å²) in [6.45, 7) is 3.02. The fourth-order valence-electron chi connectivity index (χ4n) is 1.51. The van der Waals surface area contributed by atoms with Gasteiger partial charge in [0.15, 0.2) is 0 Å². The van der Waals surface area contributed by atoms with E-state index >= 15 is 0 Å². The van der Waals surface area contributed by atoms with E-state index < -0.39 is 0 Å². The van der Waals surface area contributed by atoms with Gasteiger partial charge in [-0.25, -0.2) is 4.79 Å². The number of nitrogens with one attached hydrogen (secondary N) is 1. The number of ether oxygens (including phenoxy) is 1. The maximum absolute atomic E-state index is 11.8. The van der Waals surface area contributed by atoms with Crippen LogP contribution in [0.2, 0.25) is 0 Å². The number of benzene rings is 1. The molecule has 94 valence electrons. The minimum absolute atomic E-state index is 0.209. The Bertz CT molecular complexity index is 329. The van der Waals surface area contributed by atoms with Crippen molar-refractivity contribution in [2.75, 3.05) is 25.2 Å². The Balaban J connectivity index is 2.68. The zero-order valence-corrected chi connectivity index (χ0v) is 11.1. The van der Waals surface area contributed by atoms with Crippen LogP contribution in [0.1, 0.15) is 18.5 Å². The minimum Gasteiger partial charge on any atom is -0.465 e. The Morgan fingerprint density at radius 3 is 2.71 bits per heavy atom. The molecule has 1 aromatic rings. The summed E-state index contributed by atoms with van der Waals surface area (Å²) in [7, 11) is 0. The van der Waals surface area contributed by atoms with E-state index in [2.05, 4.69) is 5.32 Å². The lowest BCUT2D eigenvalue weighted by Crippen LogP contribution is -2.31. The SMILES string of the molecule is CCOC(=O)C(NCCSC)c1ccccc1. The average molecular weight is 253 g/mol. The first-order valence-electron chi connectivity index (χ1n) is 5.73. The molecule has 0 aliphatic heterocycles. The van der Waals surface area contributed by atoms with Crippen LogP contribution in [0.4, 0.5) is 0 Å². The molecule has 1 unspecified atom stereocenters. The molecule has 0 fully saturated rings. The van der Waals surface area contributed by atoms with E-state index in [1.165, 1.54) is 0 Å². The first-order valence-corrected chi connectivity index (χ1v) is 7.13. The third-order valence-electron chi connectivity index (χ3n) is 2.31. The second-order valence-electron chi connectivity index (χ2n) is 3.54. The highest BCUT2D eigenvalue weighted by Crippen LogP contribution is 2.14. The largest absolute Gasteiger partial charge is 0.465 e. The molecule has 17 heavy (non-hydrogen) atoms. The van der Waals surface area contributed by atoms with E-state index in [0.29, 0.717) is 6.61 Å². The van der Waals surface area contributed by atoms with Crippen LogP contribution in [0, 0.1) is 0 Å². The van der Waals surface area contributed by atoms with E-state index in [1.807, 2.05) is 43.5 Å². The second-order valence-corrected chi connectivity index (χ2v) is 4.53. The standard InChI is InChI=1S/C13H19NO2S/c1-3-16-13(15)12(14-9-10-17-2)11-7-5-4-6-8-11/h4-8,12,14H,3,9-10H2,1-2H3. The molecule has 0 aliphatic rings. The molecule has 0 saturated heterocycles. The van der Waals surface area contributed by atoms with Gasteiger partial charge in [-0.3, -0.25) is 5.32 Å². The molecule has 0 spiro atoms. The molecule has 0 saturated carbocycles. The normalized spacial score (nSPS) is 12.1. The van der Waals surface area contributed by atoms with Crippen LogP contribution < -0.4 is 5.32 Å². The summed E-state index contributed by atoms with van der Waals surface area (Å²) in [5.41, 5.74) is 0.951. The van der Waals surface area contributed by atoms with Gasteiger partial charge < -0.3 is 4.74 Å². The van der Waals surface area contributed by atoms with Crippen molar-refractivity contribution in [1.82, 2.24) is 5.32 Å². The molecule has 3 nitrogen and oxygen atoms in total. The minimum atomic E-state index is -0.358. The van der Waals surface area contributed by atoms with Gasteiger partial charge in [0, 0.05) is 12.3 Å². The maximum atomic E-state index is 11.8. The van der Waals surface area contributed by atoms with Crippen molar-refractivity contribution >= 4 is 17.7 Å². The molecule has 4 heteroatoms. The number of thioether (sulfide) groups is 1. The summed E-state index contributed by atoms with van der Waals surface area (Å²) in [5.74, 6) is 0.766. The van der Waals surface area contributed by atoms with E-state index in [1.54, 1.807) is 11.8 Å². The van der Waals surface area contributed by atoms with Gasteiger partial charge in [0.1, 0.15) is 6.04 Å². The van der Waals surface area contributed by atoms with Gasteiger partial charge >= 0.3 is 5.97 Å². The molecule has 0 heterocycles. The highest BCUT2D eigenvalue weighted by atomic mass is 32.2. The Morgan fingerprint density at radius 1 is 1.41 bits per heavy atom. The number of carbonyl (C=O) groups excluding carboxylic acids is 1. The molecule has 1 N–H and O–H groups in total. The lowest BCUT2D eigenvalue weighted by molar-refractivity contribution is -0.145. The molecule has 0 radical (unpaired) electrons. The second kappa shape index (κ2) is 8.14. The molecule has 0 aromatic heterocycles. The summed E-state index contributed by atoms with van der Waals surface area (Å²) in [4.78, 5) is 11.8. The van der Waals surface area contributed by atoms with Crippen molar-refractivity contribution < 1.29 is 9.53 Å². The van der Waals surface area contributed by atoms with Crippen LogP contribution in [0.5, 0.6) is 0 Å². The van der Waals surface area contributed by atoms with Crippen molar-refractivity contribution in [3.63, 3.8) is 0 Å². The monoisotopic (exact) mass is 253 g/mol. The van der Waals surface area contributed by atoms with E-state index in [0.717, 1.165) is 17.9 Å². The summed E-state index contributed by atoms with van der Waals surface area (Å²) >= 11 is 1.75. The van der Waals surface area contributed by atoms with Crippen molar-refractivity contribution in [2.24, 2.45) is 0 Å². The summed E-state index contributed by atoms with van der Waals surface area (Å²) < 4.78 is 5.08. The molecule has 1 atom stereocenters. The Labute approximate surface area is 107 Å². The van der Waals surface area contributed by atoms with Gasteiger partial charge in [-0.05, 0) is 18.7 Å². The molecule has 0 amide bonds. The average Bonchev–Trinajstić information content (AvgIpc) is 2.36. The maximum Gasteiger partial charge on any atom is 0.327 e. The van der Waals surface area contributed by atoms with Gasteiger partial charge in [-0.15, -0.1) is 0 Å². The van der Waals surface area contributed by atoms with Crippen molar-refractivity contribution in [3.8, 4) is 0 Å². The zero-order valence-electron chi connectivity index (χ0n) is 10.3.